The molecule has 0 saturated carbocycles. The van der Waals surface area contributed by atoms with E-state index in [4.69, 9.17) is 5.73 Å². The van der Waals surface area contributed by atoms with Crippen molar-refractivity contribution in [2.75, 3.05) is 19.6 Å². The highest BCUT2D eigenvalue weighted by Gasteiger charge is 2.24. The molecule has 1 amide bonds. The second-order valence-electron chi connectivity index (χ2n) is 2.76. The van der Waals surface area contributed by atoms with Gasteiger partial charge >= 0.3 is 0 Å². The standard InChI is InChI=1S/C7H13FN2O/c8-6-2-4-10(5-6)7(11)1-3-9/h6H,1-5,9H2/t6-/m0/s1. The van der Waals surface area contributed by atoms with Crippen LogP contribution in [0.4, 0.5) is 4.39 Å². The number of hydrogen-bond acceptors (Lipinski definition) is 2. The fourth-order valence-corrected chi connectivity index (χ4v) is 1.23. The lowest BCUT2D eigenvalue weighted by Crippen LogP contribution is -2.30. The van der Waals surface area contributed by atoms with Gasteiger partial charge in [0.05, 0.1) is 6.54 Å². The Kier molecular flexibility index (Phi) is 2.82. The zero-order valence-corrected chi connectivity index (χ0v) is 6.42. The first-order valence-corrected chi connectivity index (χ1v) is 3.86. The van der Waals surface area contributed by atoms with Crippen LogP contribution in [0.5, 0.6) is 0 Å². The van der Waals surface area contributed by atoms with Crippen molar-refractivity contribution in [2.24, 2.45) is 5.73 Å². The van der Waals surface area contributed by atoms with E-state index in [-0.39, 0.29) is 12.5 Å². The van der Waals surface area contributed by atoms with Crippen molar-refractivity contribution in [1.82, 2.24) is 4.90 Å². The minimum atomic E-state index is -0.822. The third kappa shape index (κ3) is 2.15. The Morgan fingerprint density at radius 2 is 2.45 bits per heavy atom. The molecule has 0 spiro atoms. The summed E-state index contributed by atoms with van der Waals surface area (Å²) in [4.78, 5) is 12.6. The molecule has 0 radical (unpaired) electrons. The number of nitrogens with zero attached hydrogens (tertiary/aromatic N) is 1. The molecule has 3 nitrogen and oxygen atoms in total. The summed E-state index contributed by atoms with van der Waals surface area (Å²) in [5.74, 6) is -0.0207. The lowest BCUT2D eigenvalue weighted by Gasteiger charge is -2.13. The lowest BCUT2D eigenvalue weighted by molar-refractivity contribution is -0.130. The first-order chi connectivity index (χ1) is 5.24. The molecule has 0 bridgehead atoms. The molecule has 1 fully saturated rings. The molecule has 1 heterocycles. The van der Waals surface area contributed by atoms with Crippen molar-refractivity contribution < 1.29 is 9.18 Å². The van der Waals surface area contributed by atoms with Gasteiger partial charge in [-0.2, -0.15) is 0 Å². The molecule has 0 aliphatic carbocycles. The maximum absolute atomic E-state index is 12.5. The van der Waals surface area contributed by atoms with Crippen LogP contribution >= 0.6 is 0 Å². The summed E-state index contributed by atoms with van der Waals surface area (Å²) in [6.45, 7) is 1.17. The Bertz CT molecular complexity index is 151. The zero-order valence-electron chi connectivity index (χ0n) is 6.42. The van der Waals surface area contributed by atoms with Gasteiger partial charge in [0.25, 0.3) is 0 Å². The number of carbonyl (C=O) groups excluding carboxylic acids is 1. The predicted octanol–water partition coefficient (Wildman–Crippen LogP) is -0.0944. The summed E-state index contributed by atoms with van der Waals surface area (Å²) >= 11 is 0. The van der Waals surface area contributed by atoms with Crippen LogP contribution < -0.4 is 5.73 Å². The van der Waals surface area contributed by atoms with E-state index < -0.39 is 6.17 Å². The molecule has 1 saturated heterocycles. The quantitative estimate of drug-likeness (QED) is 0.613. The van der Waals surface area contributed by atoms with Gasteiger partial charge in [0.15, 0.2) is 0 Å². The average molecular weight is 160 g/mol. The second kappa shape index (κ2) is 3.67. The van der Waals surface area contributed by atoms with E-state index in [2.05, 4.69) is 0 Å². The second-order valence-corrected chi connectivity index (χ2v) is 2.76. The number of carbonyl (C=O) groups is 1. The highest BCUT2D eigenvalue weighted by Crippen LogP contribution is 2.12. The zero-order chi connectivity index (χ0) is 8.27. The molecule has 0 aromatic carbocycles. The monoisotopic (exact) mass is 160 g/mol. The number of hydrogen-bond donors (Lipinski definition) is 1. The van der Waals surface area contributed by atoms with Crippen molar-refractivity contribution in [3.05, 3.63) is 0 Å². The summed E-state index contributed by atoms with van der Waals surface area (Å²) in [5, 5.41) is 0. The number of rotatable bonds is 2. The van der Waals surface area contributed by atoms with E-state index in [9.17, 15) is 9.18 Å². The fraction of sp³-hybridized carbons (Fsp3) is 0.857. The van der Waals surface area contributed by atoms with Gasteiger partial charge in [0.2, 0.25) is 5.91 Å². The summed E-state index contributed by atoms with van der Waals surface area (Å²) < 4.78 is 12.5. The maximum atomic E-state index is 12.5. The Hall–Kier alpha value is -0.640. The summed E-state index contributed by atoms with van der Waals surface area (Å²) in [7, 11) is 0. The van der Waals surface area contributed by atoms with Crippen LogP contribution in [0.25, 0.3) is 0 Å². The molecule has 11 heavy (non-hydrogen) atoms. The van der Waals surface area contributed by atoms with E-state index in [0.717, 1.165) is 0 Å². The van der Waals surface area contributed by atoms with E-state index in [0.29, 0.717) is 25.9 Å². The minimum absolute atomic E-state index is 0.0207. The largest absolute Gasteiger partial charge is 0.340 e. The smallest absolute Gasteiger partial charge is 0.223 e. The van der Waals surface area contributed by atoms with Crippen LogP contribution in [0, 0.1) is 0 Å². The lowest BCUT2D eigenvalue weighted by atomic mass is 10.3. The van der Waals surface area contributed by atoms with Crippen LogP contribution in [0.2, 0.25) is 0 Å². The average Bonchev–Trinajstić information content (AvgIpc) is 2.36. The Morgan fingerprint density at radius 1 is 1.73 bits per heavy atom. The normalized spacial score (nSPS) is 24.2. The molecule has 64 valence electrons. The molecule has 0 aromatic rings. The van der Waals surface area contributed by atoms with Crippen molar-refractivity contribution in [2.45, 2.75) is 19.0 Å². The van der Waals surface area contributed by atoms with Crippen molar-refractivity contribution >= 4 is 5.91 Å². The third-order valence-corrected chi connectivity index (χ3v) is 1.84. The number of nitrogens with two attached hydrogens (primary N) is 1. The maximum Gasteiger partial charge on any atom is 0.223 e. The third-order valence-electron chi connectivity index (χ3n) is 1.84. The Morgan fingerprint density at radius 3 is 2.91 bits per heavy atom. The van der Waals surface area contributed by atoms with Crippen LogP contribution in [0.3, 0.4) is 0 Å². The summed E-state index contributed by atoms with van der Waals surface area (Å²) in [6.07, 6.45) is -0.0000255. The summed E-state index contributed by atoms with van der Waals surface area (Å²) in [5.41, 5.74) is 5.19. The highest BCUT2D eigenvalue weighted by molar-refractivity contribution is 5.76. The van der Waals surface area contributed by atoms with E-state index in [1.54, 1.807) is 0 Å². The number of likely N-dealkylation sites (tertiary alicyclic amines) is 1. The molecule has 2 N–H and O–H groups in total. The van der Waals surface area contributed by atoms with Crippen molar-refractivity contribution in [3.63, 3.8) is 0 Å². The Balaban J connectivity index is 2.31. The van der Waals surface area contributed by atoms with E-state index in [1.165, 1.54) is 4.90 Å². The van der Waals surface area contributed by atoms with E-state index >= 15 is 0 Å². The minimum Gasteiger partial charge on any atom is -0.340 e. The number of amides is 1. The highest BCUT2D eigenvalue weighted by atomic mass is 19.1. The molecule has 1 rings (SSSR count). The molecular formula is C7H13FN2O. The van der Waals surface area contributed by atoms with Crippen LogP contribution in [-0.2, 0) is 4.79 Å². The first-order valence-electron chi connectivity index (χ1n) is 3.86. The van der Waals surface area contributed by atoms with Crippen LogP contribution in [0.15, 0.2) is 0 Å². The van der Waals surface area contributed by atoms with E-state index in [1.807, 2.05) is 0 Å². The molecule has 0 aromatic heterocycles. The Labute approximate surface area is 65.3 Å². The van der Waals surface area contributed by atoms with Crippen LogP contribution in [-0.4, -0.2) is 36.6 Å². The van der Waals surface area contributed by atoms with Gasteiger partial charge < -0.3 is 10.6 Å². The van der Waals surface area contributed by atoms with Gasteiger partial charge in [-0.15, -0.1) is 0 Å². The predicted molar refractivity (Wildman–Crippen MR) is 39.8 cm³/mol. The van der Waals surface area contributed by atoms with Crippen LogP contribution in [0.1, 0.15) is 12.8 Å². The topological polar surface area (TPSA) is 46.3 Å². The number of halogens is 1. The van der Waals surface area contributed by atoms with Gasteiger partial charge in [-0.05, 0) is 6.42 Å². The van der Waals surface area contributed by atoms with Gasteiger partial charge in [-0.3, -0.25) is 4.79 Å². The molecule has 1 aliphatic heterocycles. The molecular weight excluding hydrogens is 147 g/mol. The molecule has 0 unspecified atom stereocenters. The van der Waals surface area contributed by atoms with Gasteiger partial charge in [0.1, 0.15) is 6.17 Å². The van der Waals surface area contributed by atoms with Crippen molar-refractivity contribution in [3.8, 4) is 0 Å². The number of alkyl halides is 1. The summed E-state index contributed by atoms with van der Waals surface area (Å²) in [6, 6.07) is 0. The van der Waals surface area contributed by atoms with Gasteiger partial charge in [-0.25, -0.2) is 4.39 Å². The SMILES string of the molecule is NCCC(=O)N1CC[C@H](F)C1. The molecule has 4 heteroatoms. The first kappa shape index (κ1) is 8.46. The van der Waals surface area contributed by atoms with Gasteiger partial charge in [0, 0.05) is 19.5 Å². The van der Waals surface area contributed by atoms with Crippen molar-refractivity contribution in [1.29, 1.82) is 0 Å². The molecule has 1 aliphatic rings. The van der Waals surface area contributed by atoms with Gasteiger partial charge in [-0.1, -0.05) is 0 Å². The molecule has 1 atom stereocenters. The fourth-order valence-electron chi connectivity index (χ4n) is 1.23.